The van der Waals surface area contributed by atoms with Gasteiger partial charge in [-0.15, -0.1) is 0 Å². The molecule has 140 valence electrons. The van der Waals surface area contributed by atoms with Gasteiger partial charge in [0.05, 0.1) is 18.4 Å². The Morgan fingerprint density at radius 3 is 2.44 bits per heavy atom. The van der Waals surface area contributed by atoms with Gasteiger partial charge in [0.15, 0.2) is 0 Å². The predicted molar refractivity (Wildman–Crippen MR) is 103 cm³/mol. The fourth-order valence-corrected chi connectivity index (χ4v) is 4.01. The summed E-state index contributed by atoms with van der Waals surface area (Å²) in [6, 6.07) is 9.57. The van der Waals surface area contributed by atoms with Crippen molar-refractivity contribution in [2.24, 2.45) is 0 Å². The van der Waals surface area contributed by atoms with Crippen LogP contribution in [0.15, 0.2) is 46.7 Å². The Kier molecular flexibility index (Phi) is 4.60. The lowest BCUT2D eigenvalue weighted by Crippen LogP contribution is -2.36. The molecule has 2 aromatic rings. The molecule has 0 radical (unpaired) electrons. The lowest BCUT2D eigenvalue weighted by Gasteiger charge is -2.29. The van der Waals surface area contributed by atoms with E-state index in [-0.39, 0.29) is 18.4 Å². The first-order valence-corrected chi connectivity index (χ1v) is 9.51. The molecular weight excluding hydrogens is 340 g/mol. The van der Waals surface area contributed by atoms with E-state index < -0.39 is 0 Å². The summed E-state index contributed by atoms with van der Waals surface area (Å²) in [5.41, 5.74) is 4.09. The number of carbonyl (C=O) groups is 2. The molecule has 2 amide bonds. The highest BCUT2D eigenvalue weighted by Crippen LogP contribution is 2.35. The van der Waals surface area contributed by atoms with Gasteiger partial charge in [0.1, 0.15) is 11.5 Å². The lowest BCUT2D eigenvalue weighted by atomic mass is 9.97. The molecular formula is C22H24N2O3. The van der Waals surface area contributed by atoms with Gasteiger partial charge in [0.2, 0.25) is 0 Å². The first-order valence-electron chi connectivity index (χ1n) is 9.51. The van der Waals surface area contributed by atoms with Crippen LogP contribution in [0.4, 0.5) is 0 Å². The molecule has 2 aliphatic heterocycles. The standard InChI is InChI=1S/C22H24N2O3/c1-15-8-9-18(16(2)13-15)19-20(23-10-4-3-5-11-23)22(26)24(21(19)25)14-17-7-6-12-27-17/h6-9,12-13H,3-5,10-11,14H2,1-2H3. The Balaban J connectivity index is 1.79. The third kappa shape index (κ3) is 3.18. The molecule has 4 rings (SSSR count). The number of carbonyl (C=O) groups excluding carboxylic acids is 2. The van der Waals surface area contributed by atoms with Crippen LogP contribution < -0.4 is 0 Å². The third-order valence-electron chi connectivity index (χ3n) is 5.36. The predicted octanol–water partition coefficient (Wildman–Crippen LogP) is 3.66. The minimum atomic E-state index is -0.232. The van der Waals surface area contributed by atoms with E-state index in [1.165, 1.54) is 11.3 Å². The summed E-state index contributed by atoms with van der Waals surface area (Å²) in [4.78, 5) is 30.0. The molecule has 2 aliphatic rings. The SMILES string of the molecule is Cc1ccc(C2=C(N3CCCCC3)C(=O)N(Cc3ccco3)C2=O)c(C)c1. The molecule has 5 heteroatoms. The van der Waals surface area contributed by atoms with Crippen LogP contribution in [-0.2, 0) is 16.1 Å². The van der Waals surface area contributed by atoms with E-state index in [1.807, 2.05) is 26.0 Å². The lowest BCUT2D eigenvalue weighted by molar-refractivity contribution is -0.138. The molecule has 1 fully saturated rings. The molecule has 0 unspecified atom stereocenters. The number of nitrogens with zero attached hydrogens (tertiary/aromatic N) is 2. The van der Waals surface area contributed by atoms with Gasteiger partial charge in [-0.2, -0.15) is 0 Å². The summed E-state index contributed by atoms with van der Waals surface area (Å²) in [5, 5.41) is 0. The Labute approximate surface area is 159 Å². The number of hydrogen-bond donors (Lipinski definition) is 0. The number of amides is 2. The summed E-state index contributed by atoms with van der Waals surface area (Å²) >= 11 is 0. The van der Waals surface area contributed by atoms with Crippen molar-refractivity contribution in [3.8, 4) is 0 Å². The molecule has 0 atom stereocenters. The molecule has 1 saturated heterocycles. The van der Waals surface area contributed by atoms with Crippen molar-refractivity contribution in [1.82, 2.24) is 9.80 Å². The monoisotopic (exact) mass is 364 g/mol. The smallest absolute Gasteiger partial charge is 0.278 e. The van der Waals surface area contributed by atoms with Gasteiger partial charge in [-0.1, -0.05) is 23.8 Å². The number of hydrogen-bond acceptors (Lipinski definition) is 4. The number of imide groups is 1. The second kappa shape index (κ2) is 7.06. The van der Waals surface area contributed by atoms with Crippen LogP contribution in [0, 0.1) is 13.8 Å². The Hall–Kier alpha value is -2.82. The van der Waals surface area contributed by atoms with Crippen LogP contribution in [-0.4, -0.2) is 34.7 Å². The highest BCUT2D eigenvalue weighted by Gasteiger charge is 2.42. The van der Waals surface area contributed by atoms with Crippen molar-refractivity contribution in [3.05, 3.63) is 64.7 Å². The third-order valence-corrected chi connectivity index (χ3v) is 5.36. The van der Waals surface area contributed by atoms with Gasteiger partial charge in [-0.25, -0.2) is 0 Å². The van der Waals surface area contributed by atoms with Crippen molar-refractivity contribution in [2.45, 2.75) is 39.7 Å². The van der Waals surface area contributed by atoms with E-state index >= 15 is 0 Å². The second-order valence-corrected chi connectivity index (χ2v) is 7.37. The van der Waals surface area contributed by atoms with Gasteiger partial charge in [-0.3, -0.25) is 14.5 Å². The van der Waals surface area contributed by atoms with Crippen LogP contribution in [0.5, 0.6) is 0 Å². The number of likely N-dealkylation sites (tertiary alicyclic amines) is 1. The molecule has 5 nitrogen and oxygen atoms in total. The van der Waals surface area contributed by atoms with Crippen molar-refractivity contribution < 1.29 is 14.0 Å². The van der Waals surface area contributed by atoms with Crippen molar-refractivity contribution in [1.29, 1.82) is 0 Å². The zero-order chi connectivity index (χ0) is 19.0. The molecule has 0 aliphatic carbocycles. The van der Waals surface area contributed by atoms with Crippen LogP contribution in [0.2, 0.25) is 0 Å². The van der Waals surface area contributed by atoms with Crippen LogP contribution in [0.1, 0.15) is 41.7 Å². The number of piperidine rings is 1. The number of furan rings is 1. The van der Waals surface area contributed by atoms with E-state index in [4.69, 9.17) is 4.42 Å². The van der Waals surface area contributed by atoms with Gasteiger partial charge in [0.25, 0.3) is 11.8 Å². The maximum atomic E-state index is 13.3. The Morgan fingerprint density at radius 2 is 1.78 bits per heavy atom. The Morgan fingerprint density at radius 1 is 1.00 bits per heavy atom. The van der Waals surface area contributed by atoms with Gasteiger partial charge in [0, 0.05) is 13.1 Å². The normalized spacial score (nSPS) is 18.0. The largest absolute Gasteiger partial charge is 0.467 e. The first-order chi connectivity index (χ1) is 13.1. The molecule has 27 heavy (non-hydrogen) atoms. The van der Waals surface area contributed by atoms with E-state index in [9.17, 15) is 9.59 Å². The highest BCUT2D eigenvalue weighted by molar-refractivity contribution is 6.35. The number of rotatable bonds is 4. The minimum absolute atomic E-state index is 0.163. The van der Waals surface area contributed by atoms with Crippen LogP contribution in [0.3, 0.4) is 0 Å². The molecule has 1 aromatic heterocycles. The molecule has 3 heterocycles. The fraction of sp³-hybridized carbons (Fsp3) is 0.364. The van der Waals surface area contributed by atoms with E-state index in [0.717, 1.165) is 42.6 Å². The van der Waals surface area contributed by atoms with Crippen molar-refractivity contribution in [2.75, 3.05) is 13.1 Å². The molecule has 0 bridgehead atoms. The molecule has 0 N–H and O–H groups in total. The highest BCUT2D eigenvalue weighted by atomic mass is 16.3. The van der Waals surface area contributed by atoms with E-state index in [2.05, 4.69) is 11.0 Å². The van der Waals surface area contributed by atoms with Gasteiger partial charge in [-0.05, 0) is 56.4 Å². The maximum absolute atomic E-state index is 13.3. The summed E-state index contributed by atoms with van der Waals surface area (Å²) < 4.78 is 5.37. The van der Waals surface area contributed by atoms with Crippen LogP contribution >= 0.6 is 0 Å². The fourth-order valence-electron chi connectivity index (χ4n) is 4.01. The summed E-state index contributed by atoms with van der Waals surface area (Å²) in [6.45, 7) is 5.82. The first kappa shape index (κ1) is 17.6. The minimum Gasteiger partial charge on any atom is -0.467 e. The molecule has 0 spiro atoms. The zero-order valence-electron chi connectivity index (χ0n) is 15.8. The second-order valence-electron chi connectivity index (χ2n) is 7.37. The van der Waals surface area contributed by atoms with Gasteiger partial charge < -0.3 is 9.32 Å². The number of aryl methyl sites for hydroxylation is 2. The zero-order valence-corrected chi connectivity index (χ0v) is 15.8. The Bertz CT molecular complexity index is 906. The van der Waals surface area contributed by atoms with Crippen molar-refractivity contribution in [3.63, 3.8) is 0 Å². The topological polar surface area (TPSA) is 53.8 Å². The summed E-state index contributed by atoms with van der Waals surface area (Å²) in [7, 11) is 0. The molecule has 0 saturated carbocycles. The summed E-state index contributed by atoms with van der Waals surface area (Å²) in [6.07, 6.45) is 4.82. The average molecular weight is 364 g/mol. The molecule has 1 aromatic carbocycles. The van der Waals surface area contributed by atoms with E-state index in [0.29, 0.717) is 17.0 Å². The maximum Gasteiger partial charge on any atom is 0.278 e. The van der Waals surface area contributed by atoms with Crippen LogP contribution in [0.25, 0.3) is 5.57 Å². The van der Waals surface area contributed by atoms with Gasteiger partial charge >= 0.3 is 0 Å². The van der Waals surface area contributed by atoms with E-state index in [1.54, 1.807) is 18.4 Å². The quantitative estimate of drug-likeness (QED) is 0.777. The van der Waals surface area contributed by atoms with Crippen molar-refractivity contribution >= 4 is 17.4 Å². The summed E-state index contributed by atoms with van der Waals surface area (Å²) in [5.74, 6) is 0.161. The number of benzene rings is 1. The average Bonchev–Trinajstić information content (AvgIpc) is 3.25.